The zero-order valence-electron chi connectivity index (χ0n) is 9.59. The number of carbonyl (C=O) groups excluding carboxylic acids is 1. The number of fused-ring (bicyclic) bond motifs is 1. The number of aromatic nitrogens is 2. The topological polar surface area (TPSA) is 49.6 Å². The number of thiazole rings is 1. The third-order valence-corrected chi connectivity index (χ3v) is 4.02. The number of rotatable bonds is 1. The second-order valence-corrected chi connectivity index (χ2v) is 5.16. The standard InChI is InChI=1S/C11H14N4OS/c1-8-4-12-2-3-14(8)11(16)9-6-17-10-5-13-7-15(9)10/h5-8,12H,2-4H2,1H3/t8-/m1/s1. The normalized spacial score (nSPS) is 21.0. The van der Waals surface area contributed by atoms with Gasteiger partial charge in [0.2, 0.25) is 0 Å². The second kappa shape index (κ2) is 4.12. The molecule has 1 aliphatic heterocycles. The molecule has 1 atom stereocenters. The van der Waals surface area contributed by atoms with E-state index in [1.54, 1.807) is 23.9 Å². The minimum atomic E-state index is 0.100. The molecule has 17 heavy (non-hydrogen) atoms. The summed E-state index contributed by atoms with van der Waals surface area (Å²) in [6, 6.07) is 0.245. The molecule has 3 heterocycles. The van der Waals surface area contributed by atoms with Gasteiger partial charge in [0.05, 0.1) is 6.20 Å². The molecule has 6 heteroatoms. The second-order valence-electron chi connectivity index (χ2n) is 4.27. The highest BCUT2D eigenvalue weighted by molar-refractivity contribution is 7.15. The summed E-state index contributed by atoms with van der Waals surface area (Å²) in [5.41, 5.74) is 0.719. The Kier molecular flexibility index (Phi) is 2.60. The van der Waals surface area contributed by atoms with E-state index in [4.69, 9.17) is 0 Å². The minimum absolute atomic E-state index is 0.100. The Balaban J connectivity index is 1.93. The third-order valence-electron chi connectivity index (χ3n) is 3.14. The fraction of sp³-hybridized carbons (Fsp3) is 0.455. The van der Waals surface area contributed by atoms with Crippen molar-refractivity contribution in [1.82, 2.24) is 19.6 Å². The number of nitrogens with zero attached hydrogens (tertiary/aromatic N) is 3. The van der Waals surface area contributed by atoms with Crippen LogP contribution < -0.4 is 5.32 Å². The first kappa shape index (κ1) is 10.7. The Labute approximate surface area is 103 Å². The quantitative estimate of drug-likeness (QED) is 0.815. The molecule has 3 rings (SSSR count). The van der Waals surface area contributed by atoms with Crippen LogP contribution in [0.15, 0.2) is 17.9 Å². The summed E-state index contributed by atoms with van der Waals surface area (Å²) in [6.45, 7) is 4.57. The first-order valence-corrected chi connectivity index (χ1v) is 6.56. The number of nitrogens with one attached hydrogen (secondary N) is 1. The molecule has 0 radical (unpaired) electrons. The van der Waals surface area contributed by atoms with Crippen molar-refractivity contribution in [2.45, 2.75) is 13.0 Å². The SMILES string of the molecule is C[C@@H]1CNCCN1C(=O)c1csc2cncn12. The van der Waals surface area contributed by atoms with Crippen LogP contribution >= 0.6 is 11.3 Å². The zero-order valence-corrected chi connectivity index (χ0v) is 10.4. The molecule has 0 aliphatic carbocycles. The van der Waals surface area contributed by atoms with Crippen molar-refractivity contribution in [3.63, 3.8) is 0 Å². The highest BCUT2D eigenvalue weighted by atomic mass is 32.1. The molecule has 5 nitrogen and oxygen atoms in total. The van der Waals surface area contributed by atoms with Crippen LogP contribution in [-0.2, 0) is 0 Å². The van der Waals surface area contributed by atoms with Crippen LogP contribution in [0.5, 0.6) is 0 Å². The van der Waals surface area contributed by atoms with Crippen LogP contribution in [0.2, 0.25) is 0 Å². The van der Waals surface area contributed by atoms with Crippen LogP contribution in [0.1, 0.15) is 17.4 Å². The molecule has 2 aromatic heterocycles. The third kappa shape index (κ3) is 1.73. The van der Waals surface area contributed by atoms with Gasteiger partial charge in [0, 0.05) is 31.1 Å². The average Bonchev–Trinajstić information content (AvgIpc) is 2.90. The number of carbonyl (C=O) groups is 1. The number of imidazole rings is 1. The van der Waals surface area contributed by atoms with Crippen molar-refractivity contribution in [3.05, 3.63) is 23.6 Å². The van der Waals surface area contributed by atoms with Crippen LogP contribution in [0.4, 0.5) is 0 Å². The average molecular weight is 250 g/mol. The van der Waals surface area contributed by atoms with Gasteiger partial charge in [0.25, 0.3) is 5.91 Å². The van der Waals surface area contributed by atoms with Gasteiger partial charge in [-0.25, -0.2) is 4.98 Å². The van der Waals surface area contributed by atoms with E-state index in [9.17, 15) is 4.79 Å². The lowest BCUT2D eigenvalue weighted by molar-refractivity contribution is 0.0649. The Morgan fingerprint density at radius 2 is 2.53 bits per heavy atom. The Bertz CT molecular complexity index is 546. The molecule has 2 aromatic rings. The first-order valence-electron chi connectivity index (χ1n) is 5.68. The highest BCUT2D eigenvalue weighted by Crippen LogP contribution is 2.18. The summed E-state index contributed by atoms with van der Waals surface area (Å²) < 4.78 is 1.86. The van der Waals surface area contributed by atoms with Crippen LogP contribution in [0, 0.1) is 0 Å². The zero-order chi connectivity index (χ0) is 11.8. The van der Waals surface area contributed by atoms with Gasteiger partial charge in [0.15, 0.2) is 0 Å². The maximum Gasteiger partial charge on any atom is 0.272 e. The molecule has 0 bridgehead atoms. The summed E-state index contributed by atoms with van der Waals surface area (Å²) in [5.74, 6) is 0.100. The van der Waals surface area contributed by atoms with Gasteiger partial charge in [0.1, 0.15) is 16.9 Å². The smallest absolute Gasteiger partial charge is 0.272 e. The predicted molar refractivity (Wildman–Crippen MR) is 66.4 cm³/mol. The molecule has 90 valence electrons. The highest BCUT2D eigenvalue weighted by Gasteiger charge is 2.26. The van der Waals surface area contributed by atoms with E-state index >= 15 is 0 Å². The van der Waals surface area contributed by atoms with Crippen molar-refractivity contribution in [3.8, 4) is 0 Å². The summed E-state index contributed by atoms with van der Waals surface area (Å²) in [7, 11) is 0. The maximum atomic E-state index is 12.4. The lowest BCUT2D eigenvalue weighted by atomic mass is 10.2. The van der Waals surface area contributed by atoms with Gasteiger partial charge in [-0.3, -0.25) is 9.20 Å². The van der Waals surface area contributed by atoms with Gasteiger partial charge in [-0.15, -0.1) is 11.3 Å². The molecule has 0 aromatic carbocycles. The Morgan fingerprint density at radius 3 is 3.35 bits per heavy atom. The van der Waals surface area contributed by atoms with Crippen molar-refractivity contribution >= 4 is 22.1 Å². The van der Waals surface area contributed by atoms with E-state index < -0.39 is 0 Å². The van der Waals surface area contributed by atoms with E-state index in [0.717, 1.165) is 30.2 Å². The molecule has 0 saturated carbocycles. The maximum absolute atomic E-state index is 12.4. The molecular formula is C11H14N4OS. The van der Waals surface area contributed by atoms with Gasteiger partial charge in [-0.2, -0.15) is 0 Å². The van der Waals surface area contributed by atoms with Crippen molar-refractivity contribution in [2.75, 3.05) is 19.6 Å². The number of hydrogen-bond acceptors (Lipinski definition) is 4. The summed E-state index contributed by atoms with van der Waals surface area (Å²) in [5, 5.41) is 5.20. The van der Waals surface area contributed by atoms with Gasteiger partial charge >= 0.3 is 0 Å². The van der Waals surface area contributed by atoms with E-state index in [1.165, 1.54) is 0 Å². The van der Waals surface area contributed by atoms with Crippen LogP contribution in [0.25, 0.3) is 4.83 Å². The molecule has 1 amide bonds. The molecule has 1 N–H and O–H groups in total. The lowest BCUT2D eigenvalue weighted by Crippen LogP contribution is -2.52. The summed E-state index contributed by atoms with van der Waals surface area (Å²) >= 11 is 1.55. The van der Waals surface area contributed by atoms with Crippen LogP contribution in [-0.4, -0.2) is 45.9 Å². The molecule has 1 fully saturated rings. The van der Waals surface area contributed by atoms with Gasteiger partial charge < -0.3 is 10.2 Å². The van der Waals surface area contributed by atoms with E-state index in [0.29, 0.717) is 0 Å². The summed E-state index contributed by atoms with van der Waals surface area (Å²) in [6.07, 6.45) is 3.48. The van der Waals surface area contributed by atoms with Gasteiger partial charge in [-0.1, -0.05) is 0 Å². The lowest BCUT2D eigenvalue weighted by Gasteiger charge is -2.33. The van der Waals surface area contributed by atoms with Gasteiger partial charge in [-0.05, 0) is 6.92 Å². The monoisotopic (exact) mass is 250 g/mol. The summed E-state index contributed by atoms with van der Waals surface area (Å²) in [4.78, 5) is 19.4. The Hall–Kier alpha value is -1.40. The molecule has 1 saturated heterocycles. The van der Waals surface area contributed by atoms with E-state index in [2.05, 4.69) is 17.2 Å². The minimum Gasteiger partial charge on any atom is -0.332 e. The van der Waals surface area contributed by atoms with Crippen molar-refractivity contribution in [1.29, 1.82) is 0 Å². The van der Waals surface area contributed by atoms with Crippen molar-refractivity contribution < 1.29 is 4.79 Å². The Morgan fingerprint density at radius 1 is 1.65 bits per heavy atom. The van der Waals surface area contributed by atoms with Crippen LogP contribution in [0.3, 0.4) is 0 Å². The van der Waals surface area contributed by atoms with E-state index in [-0.39, 0.29) is 11.9 Å². The molecular weight excluding hydrogens is 236 g/mol. The predicted octanol–water partition coefficient (Wildman–Crippen LogP) is 0.830. The number of piperazine rings is 1. The first-order chi connectivity index (χ1) is 8.27. The number of amides is 1. The largest absolute Gasteiger partial charge is 0.332 e. The fourth-order valence-electron chi connectivity index (χ4n) is 2.17. The van der Waals surface area contributed by atoms with E-state index in [1.807, 2.05) is 14.7 Å². The number of hydrogen-bond donors (Lipinski definition) is 1. The van der Waals surface area contributed by atoms with Crippen molar-refractivity contribution in [2.24, 2.45) is 0 Å². The molecule has 0 spiro atoms. The fourth-order valence-corrected chi connectivity index (χ4v) is 2.99. The molecule has 1 aliphatic rings. The molecule has 0 unspecified atom stereocenters.